The standard InChI is InChI=1S/C26H20FNO4/c27-24-12-11-17(14-18(24)15-25(29)30)6-5-13-28-26(31)32-16-23-21-9-3-1-7-19(21)20-8-2-4-10-22(20)23/h1-4,7-12,14,23H,13,15-16H2,(H,28,31)(H,29,30). The van der Waals surface area contributed by atoms with E-state index in [1.165, 1.54) is 18.2 Å². The van der Waals surface area contributed by atoms with E-state index in [0.717, 1.165) is 22.3 Å². The van der Waals surface area contributed by atoms with Gasteiger partial charge in [-0.1, -0.05) is 60.4 Å². The average Bonchev–Trinajstić information content (AvgIpc) is 3.11. The molecule has 4 rings (SSSR count). The monoisotopic (exact) mass is 429 g/mol. The van der Waals surface area contributed by atoms with Gasteiger partial charge in [0.2, 0.25) is 0 Å². The van der Waals surface area contributed by atoms with Crippen molar-refractivity contribution in [3.05, 3.63) is 94.8 Å². The molecule has 1 aliphatic rings. The SMILES string of the molecule is O=C(O)Cc1cc(C#CCNC(=O)OCC2c3ccccc3-c3ccccc32)ccc1F. The van der Waals surface area contributed by atoms with Gasteiger partial charge in [0.25, 0.3) is 0 Å². The van der Waals surface area contributed by atoms with Crippen molar-refractivity contribution in [1.29, 1.82) is 0 Å². The van der Waals surface area contributed by atoms with E-state index in [0.29, 0.717) is 5.56 Å². The second-order valence-electron chi connectivity index (χ2n) is 7.36. The molecule has 1 aliphatic carbocycles. The van der Waals surface area contributed by atoms with E-state index >= 15 is 0 Å². The molecule has 0 unspecified atom stereocenters. The third kappa shape index (κ3) is 4.62. The molecule has 0 aliphatic heterocycles. The van der Waals surface area contributed by atoms with Crippen molar-refractivity contribution in [1.82, 2.24) is 5.32 Å². The van der Waals surface area contributed by atoms with Gasteiger partial charge in [-0.05, 0) is 40.5 Å². The largest absolute Gasteiger partial charge is 0.481 e. The number of hydrogen-bond donors (Lipinski definition) is 2. The lowest BCUT2D eigenvalue weighted by Gasteiger charge is -2.14. The van der Waals surface area contributed by atoms with E-state index in [4.69, 9.17) is 9.84 Å². The molecule has 3 aromatic carbocycles. The smallest absolute Gasteiger partial charge is 0.407 e. The average molecular weight is 429 g/mol. The van der Waals surface area contributed by atoms with Crippen LogP contribution in [0, 0.1) is 17.7 Å². The fourth-order valence-corrected chi connectivity index (χ4v) is 3.86. The normalized spacial score (nSPS) is 11.7. The Balaban J connectivity index is 1.33. The Hall–Kier alpha value is -4.11. The van der Waals surface area contributed by atoms with Crippen LogP contribution in [0.4, 0.5) is 9.18 Å². The van der Waals surface area contributed by atoms with Gasteiger partial charge in [0.15, 0.2) is 0 Å². The number of amides is 1. The number of rotatable bonds is 5. The van der Waals surface area contributed by atoms with Crippen LogP contribution in [-0.4, -0.2) is 30.3 Å². The highest BCUT2D eigenvalue weighted by atomic mass is 19.1. The summed E-state index contributed by atoms with van der Waals surface area (Å²) in [5, 5.41) is 11.4. The lowest BCUT2D eigenvalue weighted by Crippen LogP contribution is -2.26. The van der Waals surface area contributed by atoms with Crippen molar-refractivity contribution >= 4 is 12.1 Å². The molecule has 32 heavy (non-hydrogen) atoms. The molecular weight excluding hydrogens is 409 g/mol. The lowest BCUT2D eigenvalue weighted by molar-refractivity contribution is -0.136. The fourth-order valence-electron chi connectivity index (χ4n) is 3.86. The van der Waals surface area contributed by atoms with Crippen LogP contribution in [0.5, 0.6) is 0 Å². The number of hydrogen-bond acceptors (Lipinski definition) is 3. The Labute approximate surface area is 184 Å². The molecule has 0 saturated carbocycles. The van der Waals surface area contributed by atoms with E-state index in [1.54, 1.807) is 0 Å². The Morgan fingerprint density at radius 2 is 1.66 bits per heavy atom. The number of nitrogens with one attached hydrogen (secondary N) is 1. The molecule has 0 heterocycles. The Kier molecular flexibility index (Phi) is 6.18. The molecule has 0 bridgehead atoms. The van der Waals surface area contributed by atoms with Gasteiger partial charge in [-0.15, -0.1) is 0 Å². The summed E-state index contributed by atoms with van der Waals surface area (Å²) in [7, 11) is 0. The van der Waals surface area contributed by atoms with Crippen LogP contribution in [0.25, 0.3) is 11.1 Å². The highest BCUT2D eigenvalue weighted by molar-refractivity contribution is 5.79. The summed E-state index contributed by atoms with van der Waals surface area (Å²) in [5.41, 5.74) is 5.12. The Bertz CT molecular complexity index is 1200. The maximum absolute atomic E-state index is 13.6. The molecule has 5 nitrogen and oxygen atoms in total. The number of ether oxygens (including phenoxy) is 1. The van der Waals surface area contributed by atoms with E-state index in [-0.39, 0.29) is 24.6 Å². The van der Waals surface area contributed by atoms with Crippen LogP contribution in [-0.2, 0) is 16.0 Å². The maximum Gasteiger partial charge on any atom is 0.407 e. The summed E-state index contributed by atoms with van der Waals surface area (Å²) >= 11 is 0. The molecule has 0 spiro atoms. The van der Waals surface area contributed by atoms with Crippen molar-refractivity contribution in [2.45, 2.75) is 12.3 Å². The van der Waals surface area contributed by atoms with Gasteiger partial charge in [0.1, 0.15) is 12.4 Å². The highest BCUT2D eigenvalue weighted by Crippen LogP contribution is 2.44. The minimum absolute atomic E-state index is 0.0221. The predicted molar refractivity (Wildman–Crippen MR) is 118 cm³/mol. The summed E-state index contributed by atoms with van der Waals surface area (Å²) in [5.74, 6) is 3.81. The Morgan fingerprint density at radius 1 is 1.00 bits per heavy atom. The third-order valence-corrected chi connectivity index (χ3v) is 5.28. The second-order valence-corrected chi connectivity index (χ2v) is 7.36. The molecule has 0 aromatic heterocycles. The summed E-state index contributed by atoms with van der Waals surface area (Å²) in [6.07, 6.45) is -0.994. The van der Waals surface area contributed by atoms with Crippen molar-refractivity contribution < 1.29 is 23.8 Å². The predicted octanol–water partition coefficient (Wildman–Crippen LogP) is 4.34. The summed E-state index contributed by atoms with van der Waals surface area (Å²) in [4.78, 5) is 22.9. The lowest BCUT2D eigenvalue weighted by atomic mass is 9.98. The minimum Gasteiger partial charge on any atom is -0.481 e. The number of aliphatic carboxylic acids is 1. The number of carboxylic acid groups (broad SMARTS) is 1. The molecule has 2 N–H and O–H groups in total. The van der Waals surface area contributed by atoms with E-state index < -0.39 is 24.3 Å². The highest BCUT2D eigenvalue weighted by Gasteiger charge is 2.28. The maximum atomic E-state index is 13.6. The van der Waals surface area contributed by atoms with Crippen LogP contribution in [0.2, 0.25) is 0 Å². The zero-order valence-corrected chi connectivity index (χ0v) is 17.1. The van der Waals surface area contributed by atoms with Gasteiger partial charge < -0.3 is 15.2 Å². The fraction of sp³-hybridized carbons (Fsp3) is 0.154. The first kappa shape index (κ1) is 21.1. The Morgan fingerprint density at radius 3 is 2.31 bits per heavy atom. The zero-order chi connectivity index (χ0) is 22.5. The third-order valence-electron chi connectivity index (χ3n) is 5.28. The quantitative estimate of drug-likeness (QED) is 0.592. The van der Waals surface area contributed by atoms with Crippen LogP contribution in [0.15, 0.2) is 66.7 Å². The molecule has 1 amide bonds. The molecule has 0 atom stereocenters. The van der Waals surface area contributed by atoms with Gasteiger partial charge in [0.05, 0.1) is 13.0 Å². The topological polar surface area (TPSA) is 75.6 Å². The number of benzene rings is 3. The van der Waals surface area contributed by atoms with Gasteiger partial charge >= 0.3 is 12.1 Å². The van der Waals surface area contributed by atoms with Gasteiger partial charge in [-0.3, -0.25) is 4.79 Å². The summed E-state index contributed by atoms with van der Waals surface area (Å²) < 4.78 is 19.1. The molecule has 0 saturated heterocycles. The zero-order valence-electron chi connectivity index (χ0n) is 17.1. The first-order valence-corrected chi connectivity index (χ1v) is 10.1. The number of carbonyl (C=O) groups excluding carboxylic acids is 1. The molecular formula is C26H20FNO4. The number of alkyl carbamates (subject to hydrolysis) is 1. The van der Waals surface area contributed by atoms with Crippen LogP contribution >= 0.6 is 0 Å². The summed E-state index contributed by atoms with van der Waals surface area (Å²) in [6, 6.07) is 20.2. The van der Waals surface area contributed by atoms with Crippen molar-refractivity contribution in [3.8, 4) is 23.0 Å². The van der Waals surface area contributed by atoms with Crippen LogP contribution in [0.3, 0.4) is 0 Å². The van der Waals surface area contributed by atoms with Gasteiger partial charge in [-0.2, -0.15) is 0 Å². The summed E-state index contributed by atoms with van der Waals surface area (Å²) in [6.45, 7) is 0.256. The van der Waals surface area contributed by atoms with E-state index in [9.17, 15) is 14.0 Å². The molecule has 3 aromatic rings. The first-order chi connectivity index (χ1) is 15.5. The molecule has 0 fully saturated rings. The van der Waals surface area contributed by atoms with Crippen LogP contribution < -0.4 is 5.32 Å². The number of carbonyl (C=O) groups is 2. The molecule has 0 radical (unpaired) electrons. The molecule has 6 heteroatoms. The minimum atomic E-state index is -1.12. The van der Waals surface area contributed by atoms with Gasteiger partial charge in [0, 0.05) is 17.0 Å². The second kappa shape index (κ2) is 9.36. The molecule has 160 valence electrons. The van der Waals surface area contributed by atoms with Crippen molar-refractivity contribution in [2.75, 3.05) is 13.2 Å². The van der Waals surface area contributed by atoms with Gasteiger partial charge in [-0.25, -0.2) is 9.18 Å². The van der Waals surface area contributed by atoms with Crippen molar-refractivity contribution in [3.63, 3.8) is 0 Å². The van der Waals surface area contributed by atoms with Crippen molar-refractivity contribution in [2.24, 2.45) is 0 Å². The van der Waals surface area contributed by atoms with Crippen LogP contribution in [0.1, 0.15) is 28.2 Å². The van der Waals surface area contributed by atoms with E-state index in [1.807, 2.05) is 36.4 Å². The first-order valence-electron chi connectivity index (χ1n) is 10.1. The number of halogens is 1. The van der Waals surface area contributed by atoms with E-state index in [2.05, 4.69) is 29.3 Å². The number of fused-ring (bicyclic) bond motifs is 3. The number of carboxylic acids is 1.